The first-order chi connectivity index (χ1) is 10.0. The number of hydrogen-bond acceptors (Lipinski definition) is 2. The third-order valence-corrected chi connectivity index (χ3v) is 4.49. The van der Waals surface area contributed by atoms with Gasteiger partial charge in [0.05, 0.1) is 11.6 Å². The first-order valence-corrected chi connectivity index (χ1v) is 8.40. The number of hydrogen-bond donors (Lipinski definition) is 1. The molecule has 0 unspecified atom stereocenters. The number of amides is 1. The third-order valence-electron chi connectivity index (χ3n) is 3.13. The number of rotatable bonds is 4. The zero-order valence-electron chi connectivity index (χ0n) is 11.7. The van der Waals surface area contributed by atoms with Crippen LogP contribution in [0.15, 0.2) is 47.4 Å². The predicted molar refractivity (Wildman–Crippen MR) is 90.6 cm³/mol. The Morgan fingerprint density at radius 2 is 1.90 bits per heavy atom. The van der Waals surface area contributed by atoms with Crippen molar-refractivity contribution in [2.75, 3.05) is 6.26 Å². The van der Waals surface area contributed by atoms with Crippen molar-refractivity contribution in [3.8, 4) is 0 Å². The molecule has 2 aromatic carbocycles. The summed E-state index contributed by atoms with van der Waals surface area (Å²) in [6.07, 6.45) is 1.95. The van der Waals surface area contributed by atoms with Crippen molar-refractivity contribution in [2.45, 2.75) is 17.9 Å². The lowest BCUT2D eigenvalue weighted by Crippen LogP contribution is -2.27. The molecule has 21 heavy (non-hydrogen) atoms. The van der Waals surface area contributed by atoms with Gasteiger partial charge in [0.2, 0.25) is 0 Å². The summed E-state index contributed by atoms with van der Waals surface area (Å²) in [5.74, 6) is -0.113. The Balaban J connectivity index is 2.19. The zero-order valence-corrected chi connectivity index (χ0v) is 14.0. The molecule has 0 aliphatic rings. The van der Waals surface area contributed by atoms with Crippen LogP contribution in [0.1, 0.15) is 28.9 Å². The van der Waals surface area contributed by atoms with Gasteiger partial charge in [-0.25, -0.2) is 0 Å². The summed E-state index contributed by atoms with van der Waals surface area (Å²) in [5.41, 5.74) is 1.51. The monoisotopic (exact) mass is 339 g/mol. The fourth-order valence-corrected chi connectivity index (χ4v) is 3.20. The van der Waals surface area contributed by atoms with Gasteiger partial charge in [0.1, 0.15) is 0 Å². The van der Waals surface area contributed by atoms with Crippen molar-refractivity contribution in [3.63, 3.8) is 0 Å². The van der Waals surface area contributed by atoms with Crippen LogP contribution < -0.4 is 5.32 Å². The van der Waals surface area contributed by atoms with Crippen LogP contribution in [0.5, 0.6) is 0 Å². The first-order valence-electron chi connectivity index (χ1n) is 6.41. The molecule has 0 aliphatic heterocycles. The molecule has 0 saturated heterocycles. The van der Waals surface area contributed by atoms with Gasteiger partial charge < -0.3 is 5.32 Å². The molecule has 1 N–H and O–H groups in total. The van der Waals surface area contributed by atoms with E-state index < -0.39 is 0 Å². The van der Waals surface area contributed by atoms with E-state index in [0.29, 0.717) is 15.6 Å². The number of carbonyl (C=O) groups excluding carboxylic acids is 1. The first kappa shape index (κ1) is 16.2. The Bertz CT molecular complexity index is 660. The van der Waals surface area contributed by atoms with Gasteiger partial charge in [0, 0.05) is 14.9 Å². The summed E-state index contributed by atoms with van der Waals surface area (Å²) in [6, 6.07) is 12.6. The van der Waals surface area contributed by atoms with E-state index >= 15 is 0 Å². The van der Waals surface area contributed by atoms with Crippen LogP contribution in [0.4, 0.5) is 0 Å². The minimum absolute atomic E-state index is 0.113. The number of nitrogens with one attached hydrogen (secondary N) is 1. The Kier molecular flexibility index (Phi) is 5.57. The fourth-order valence-electron chi connectivity index (χ4n) is 2.04. The van der Waals surface area contributed by atoms with E-state index in [1.165, 1.54) is 0 Å². The van der Waals surface area contributed by atoms with Crippen LogP contribution in [0.25, 0.3) is 0 Å². The molecule has 0 spiro atoms. The molecule has 110 valence electrons. The van der Waals surface area contributed by atoms with Crippen LogP contribution in [0, 0.1) is 0 Å². The van der Waals surface area contributed by atoms with Crippen LogP contribution in [0.3, 0.4) is 0 Å². The maximum atomic E-state index is 12.4. The van der Waals surface area contributed by atoms with Gasteiger partial charge in [0.25, 0.3) is 5.91 Å². The second kappa shape index (κ2) is 7.21. The normalized spacial score (nSPS) is 12.0. The van der Waals surface area contributed by atoms with Crippen LogP contribution in [0.2, 0.25) is 10.0 Å². The topological polar surface area (TPSA) is 29.1 Å². The van der Waals surface area contributed by atoms with Crippen molar-refractivity contribution in [1.29, 1.82) is 0 Å². The summed E-state index contributed by atoms with van der Waals surface area (Å²) in [5, 5.41) is 4.10. The van der Waals surface area contributed by atoms with Crippen LogP contribution >= 0.6 is 35.0 Å². The van der Waals surface area contributed by atoms with Gasteiger partial charge in [-0.2, -0.15) is 0 Å². The highest BCUT2D eigenvalue weighted by Crippen LogP contribution is 2.27. The van der Waals surface area contributed by atoms with Gasteiger partial charge in [-0.3, -0.25) is 4.79 Å². The molecule has 2 nitrogen and oxygen atoms in total. The molecule has 1 atom stereocenters. The number of thioether (sulfide) groups is 1. The van der Waals surface area contributed by atoms with E-state index in [-0.39, 0.29) is 11.9 Å². The highest BCUT2D eigenvalue weighted by molar-refractivity contribution is 7.98. The van der Waals surface area contributed by atoms with E-state index in [4.69, 9.17) is 23.2 Å². The average Bonchev–Trinajstić information content (AvgIpc) is 2.46. The molecule has 1 amide bonds. The molecule has 2 rings (SSSR count). The molecule has 2 aromatic rings. The third kappa shape index (κ3) is 3.94. The Morgan fingerprint density at radius 3 is 2.57 bits per heavy atom. The van der Waals surface area contributed by atoms with Crippen molar-refractivity contribution in [3.05, 3.63) is 63.6 Å². The summed E-state index contributed by atoms with van der Waals surface area (Å²) in [7, 11) is 0. The number of carbonyl (C=O) groups is 1. The van der Waals surface area contributed by atoms with Crippen molar-refractivity contribution >= 4 is 40.9 Å². The lowest BCUT2D eigenvalue weighted by Gasteiger charge is -2.17. The SMILES string of the molecule is CSc1ccccc1C(=O)N[C@@H](C)c1ccc(Cl)cc1Cl. The van der Waals surface area contributed by atoms with Crippen LogP contribution in [-0.2, 0) is 0 Å². The van der Waals surface area contributed by atoms with E-state index in [9.17, 15) is 4.79 Å². The smallest absolute Gasteiger partial charge is 0.252 e. The molecule has 0 radical (unpaired) electrons. The molecule has 0 aromatic heterocycles. The quantitative estimate of drug-likeness (QED) is 0.775. The second-order valence-electron chi connectivity index (χ2n) is 4.56. The molecule has 0 aliphatic carbocycles. The minimum Gasteiger partial charge on any atom is -0.345 e. The van der Waals surface area contributed by atoms with Gasteiger partial charge in [-0.05, 0) is 43.0 Å². The van der Waals surface area contributed by atoms with Crippen molar-refractivity contribution < 1.29 is 4.79 Å². The molecule has 0 saturated carbocycles. The van der Waals surface area contributed by atoms with Gasteiger partial charge in [-0.15, -0.1) is 11.8 Å². The second-order valence-corrected chi connectivity index (χ2v) is 6.25. The highest BCUT2D eigenvalue weighted by Gasteiger charge is 2.16. The van der Waals surface area contributed by atoms with E-state index in [1.807, 2.05) is 43.5 Å². The average molecular weight is 340 g/mol. The molecular formula is C16H15Cl2NOS. The molecule has 0 heterocycles. The maximum Gasteiger partial charge on any atom is 0.252 e. The van der Waals surface area contributed by atoms with E-state index in [2.05, 4.69) is 5.32 Å². The zero-order chi connectivity index (χ0) is 15.4. The van der Waals surface area contributed by atoms with E-state index in [0.717, 1.165) is 10.5 Å². The Morgan fingerprint density at radius 1 is 1.19 bits per heavy atom. The van der Waals surface area contributed by atoms with Gasteiger partial charge in [0.15, 0.2) is 0 Å². The maximum absolute atomic E-state index is 12.4. The largest absolute Gasteiger partial charge is 0.345 e. The van der Waals surface area contributed by atoms with Gasteiger partial charge in [-0.1, -0.05) is 41.4 Å². The molecular weight excluding hydrogens is 325 g/mol. The molecule has 5 heteroatoms. The van der Waals surface area contributed by atoms with E-state index in [1.54, 1.807) is 23.9 Å². The predicted octanol–water partition coefficient (Wildman–Crippen LogP) is 5.21. The number of benzene rings is 2. The number of halogens is 2. The highest BCUT2D eigenvalue weighted by atomic mass is 35.5. The lowest BCUT2D eigenvalue weighted by molar-refractivity contribution is 0.0937. The summed E-state index contributed by atoms with van der Waals surface area (Å²) < 4.78 is 0. The summed E-state index contributed by atoms with van der Waals surface area (Å²) >= 11 is 13.6. The minimum atomic E-state index is -0.197. The van der Waals surface area contributed by atoms with Crippen molar-refractivity contribution in [1.82, 2.24) is 5.32 Å². The van der Waals surface area contributed by atoms with Gasteiger partial charge >= 0.3 is 0 Å². The lowest BCUT2D eigenvalue weighted by atomic mass is 10.1. The van der Waals surface area contributed by atoms with Crippen LogP contribution in [-0.4, -0.2) is 12.2 Å². The summed E-state index contributed by atoms with van der Waals surface area (Å²) in [6.45, 7) is 1.90. The Hall–Kier alpha value is -1.16. The fraction of sp³-hybridized carbons (Fsp3) is 0.188. The Labute approximate surface area is 138 Å². The molecule has 0 bridgehead atoms. The van der Waals surface area contributed by atoms with Crippen molar-refractivity contribution in [2.24, 2.45) is 0 Å². The summed E-state index contributed by atoms with van der Waals surface area (Å²) in [4.78, 5) is 13.3. The standard InChI is InChI=1S/C16H15Cl2NOS/c1-10(12-8-7-11(17)9-14(12)18)19-16(20)13-5-3-4-6-15(13)21-2/h3-10H,1-2H3,(H,19,20)/t10-/m0/s1. The molecule has 0 fully saturated rings.